The van der Waals surface area contributed by atoms with Gasteiger partial charge in [-0.3, -0.25) is 0 Å². The van der Waals surface area contributed by atoms with Crippen molar-refractivity contribution < 1.29 is 4.55 Å². The maximum absolute atomic E-state index is 9.98. The molecule has 0 fully saturated rings. The lowest BCUT2D eigenvalue weighted by molar-refractivity contribution is 0.591. The first-order valence-electron chi connectivity index (χ1n) is 1.29. The van der Waals surface area contributed by atoms with E-state index in [1.54, 1.807) is 0 Å². The van der Waals surface area contributed by atoms with Gasteiger partial charge in [-0.15, -0.1) is 0 Å². The molecular formula is C2HN2OS. The van der Waals surface area contributed by atoms with E-state index in [1.807, 2.05) is 0 Å². The van der Waals surface area contributed by atoms with Gasteiger partial charge in [0.2, 0.25) is 0 Å². The molecule has 1 heterocycles. The number of rotatable bonds is 0. The highest BCUT2D eigenvalue weighted by Crippen LogP contribution is 1.96. The lowest BCUT2D eigenvalue weighted by Crippen LogP contribution is -1.51. The Labute approximate surface area is 37.6 Å². The van der Waals surface area contributed by atoms with Gasteiger partial charge in [-0.25, -0.2) is 0 Å². The van der Waals surface area contributed by atoms with Gasteiger partial charge in [0.25, 0.3) is 11.8 Å². The average Bonchev–Trinajstić information content (AvgIpc) is 1.86. The molecule has 1 aromatic heterocycles. The van der Waals surface area contributed by atoms with Crippen molar-refractivity contribution in [2.75, 3.05) is 0 Å². The van der Waals surface area contributed by atoms with Crippen LogP contribution in [0.4, 0.5) is 0 Å². The second kappa shape index (κ2) is 1.32. The summed E-state index contributed by atoms with van der Waals surface area (Å²) in [6.45, 7) is 0. The van der Waals surface area contributed by atoms with E-state index in [0.717, 1.165) is 0 Å². The van der Waals surface area contributed by atoms with Crippen molar-refractivity contribution in [2.24, 2.45) is 0 Å². The highest BCUT2D eigenvalue weighted by atomic mass is 32.2. The van der Waals surface area contributed by atoms with Crippen LogP contribution in [0.1, 0.15) is 0 Å². The topological polar surface area (TPSA) is 48.8 Å². The van der Waals surface area contributed by atoms with Crippen LogP contribution < -0.4 is 0 Å². The molecule has 31 valence electrons. The maximum atomic E-state index is 9.98. The van der Waals surface area contributed by atoms with Crippen molar-refractivity contribution in [2.45, 2.75) is 0 Å². The number of hydrogen-bond donors (Lipinski definition) is 0. The molecule has 1 unspecified atom stereocenters. The Bertz CT molecular complexity index is 115. The van der Waals surface area contributed by atoms with Crippen LogP contribution in [0.25, 0.3) is 0 Å². The second-order valence-corrected chi connectivity index (χ2v) is 1.65. The lowest BCUT2D eigenvalue weighted by atomic mass is 11.4. The minimum absolute atomic E-state index is 1.20. The van der Waals surface area contributed by atoms with Gasteiger partial charge >= 0.3 is 0 Å². The standard InChI is InChI=1S/C2HN2OS/c5-6-2-3-1-4-6/h2H. The highest BCUT2D eigenvalue weighted by Gasteiger charge is 1.83. The summed E-state index contributed by atoms with van der Waals surface area (Å²) in [5, 5.41) is 0. The average molecular weight is 101 g/mol. The molecule has 0 aromatic carbocycles. The van der Waals surface area contributed by atoms with Crippen LogP contribution in [0.5, 0.6) is 0 Å². The Morgan fingerprint density at radius 3 is 2.83 bits per heavy atom. The van der Waals surface area contributed by atoms with Crippen molar-refractivity contribution in [3.8, 4) is 0 Å². The van der Waals surface area contributed by atoms with Crippen molar-refractivity contribution >= 4 is 10.9 Å². The van der Waals surface area contributed by atoms with Gasteiger partial charge in [0.15, 0.2) is 0 Å². The Kier molecular flexibility index (Phi) is 0.813. The molecular weight excluding hydrogens is 100 g/mol. The lowest BCUT2D eigenvalue weighted by Gasteiger charge is -1.68. The van der Waals surface area contributed by atoms with Crippen molar-refractivity contribution in [3.63, 3.8) is 0 Å². The van der Waals surface area contributed by atoms with Gasteiger partial charge in [0.1, 0.15) is 0 Å². The van der Waals surface area contributed by atoms with Crippen LogP contribution in [0.2, 0.25) is 0 Å². The summed E-state index contributed by atoms with van der Waals surface area (Å²) in [5.41, 5.74) is 1.22. The summed E-state index contributed by atoms with van der Waals surface area (Å²) < 4.78 is 13.2. The SMILES string of the molecule is [O-][s+]1cn[c]n1. The van der Waals surface area contributed by atoms with Crippen LogP contribution in [0.3, 0.4) is 0 Å². The monoisotopic (exact) mass is 101 g/mol. The first-order chi connectivity index (χ1) is 2.89. The Morgan fingerprint density at radius 2 is 2.67 bits per heavy atom. The minimum atomic E-state index is -1.20. The van der Waals surface area contributed by atoms with Crippen LogP contribution in [0.15, 0.2) is 5.51 Å². The molecule has 0 bridgehead atoms. The van der Waals surface area contributed by atoms with Crippen LogP contribution in [-0.4, -0.2) is 13.9 Å². The van der Waals surface area contributed by atoms with Gasteiger partial charge in [-0.05, 0) is 4.37 Å². The smallest absolute Gasteiger partial charge is 0.262 e. The summed E-state index contributed by atoms with van der Waals surface area (Å²) in [5.74, 6) is 0. The third kappa shape index (κ3) is 0.526. The normalized spacial score (nSPS) is 11.8. The molecule has 1 rings (SSSR count). The van der Waals surface area contributed by atoms with Crippen LogP contribution >= 0.6 is 10.9 Å². The van der Waals surface area contributed by atoms with Crippen molar-refractivity contribution in [1.82, 2.24) is 9.36 Å². The summed E-state index contributed by atoms with van der Waals surface area (Å²) >= 11 is 0. The van der Waals surface area contributed by atoms with Gasteiger partial charge in [-0.1, -0.05) is 0 Å². The van der Waals surface area contributed by atoms with E-state index in [2.05, 4.69) is 15.7 Å². The zero-order chi connectivity index (χ0) is 4.41. The zero-order valence-corrected chi connectivity index (χ0v) is 3.60. The summed E-state index contributed by atoms with van der Waals surface area (Å²) in [4.78, 5) is 3.32. The Balaban J connectivity index is 3.05. The van der Waals surface area contributed by atoms with Crippen molar-refractivity contribution in [3.05, 3.63) is 11.8 Å². The number of aromatic nitrogens is 2. The quantitative estimate of drug-likeness (QED) is 0.432. The van der Waals surface area contributed by atoms with Crippen LogP contribution in [-0.2, 0) is 0 Å². The molecule has 0 aliphatic rings. The third-order valence-electron chi connectivity index (χ3n) is 0.331. The summed E-state index contributed by atoms with van der Waals surface area (Å²) in [7, 11) is -1.20. The predicted octanol–water partition coefficient (Wildman–Crippen LogP) is 0.00439. The van der Waals surface area contributed by atoms with E-state index in [1.165, 1.54) is 5.51 Å². The zero-order valence-electron chi connectivity index (χ0n) is 2.79. The maximum Gasteiger partial charge on any atom is 0.262 e. The first kappa shape index (κ1) is 3.70. The summed E-state index contributed by atoms with van der Waals surface area (Å²) in [6, 6.07) is 0. The van der Waals surface area contributed by atoms with E-state index >= 15 is 0 Å². The van der Waals surface area contributed by atoms with Gasteiger partial charge in [0, 0.05) is 0 Å². The molecule has 1 radical (unpaired) electrons. The van der Waals surface area contributed by atoms with Crippen LogP contribution in [0, 0.1) is 6.33 Å². The first-order valence-corrected chi connectivity index (χ1v) is 2.46. The number of nitrogens with zero attached hydrogens (tertiary/aromatic N) is 2. The molecule has 3 nitrogen and oxygen atoms in total. The second-order valence-electron chi connectivity index (χ2n) is 0.702. The molecule has 1 atom stereocenters. The molecule has 0 N–H and O–H groups in total. The molecule has 0 saturated carbocycles. The molecule has 6 heavy (non-hydrogen) atoms. The van der Waals surface area contributed by atoms with E-state index in [4.69, 9.17) is 0 Å². The fraction of sp³-hybridized carbons (Fsp3) is 0. The van der Waals surface area contributed by atoms with Gasteiger partial charge < -0.3 is 4.55 Å². The molecule has 0 amide bonds. The fourth-order valence-electron chi connectivity index (χ4n) is 0.156. The summed E-state index contributed by atoms with van der Waals surface area (Å²) in [6.07, 6.45) is 2.17. The Hall–Kier alpha value is -0.480. The Morgan fingerprint density at radius 1 is 1.83 bits per heavy atom. The fourth-order valence-corrected chi connectivity index (χ4v) is 0.468. The number of hydrogen-bond acceptors (Lipinski definition) is 3. The molecule has 1 aromatic rings. The van der Waals surface area contributed by atoms with Crippen molar-refractivity contribution in [1.29, 1.82) is 0 Å². The van der Waals surface area contributed by atoms with E-state index in [9.17, 15) is 4.55 Å². The van der Waals surface area contributed by atoms with E-state index in [-0.39, 0.29) is 0 Å². The van der Waals surface area contributed by atoms with E-state index < -0.39 is 10.9 Å². The minimum Gasteiger partial charge on any atom is -0.567 e. The van der Waals surface area contributed by atoms with Gasteiger partial charge in [-0.2, -0.15) is 4.98 Å². The van der Waals surface area contributed by atoms with E-state index in [0.29, 0.717) is 0 Å². The predicted molar refractivity (Wildman–Crippen MR) is 19.5 cm³/mol. The molecule has 4 heteroatoms. The molecule has 0 spiro atoms. The molecule has 0 aliphatic carbocycles. The van der Waals surface area contributed by atoms with Gasteiger partial charge in [0.05, 0.1) is 10.9 Å². The molecule has 0 aliphatic heterocycles. The highest BCUT2D eigenvalue weighted by molar-refractivity contribution is 7.17. The molecule has 0 saturated heterocycles. The third-order valence-corrected chi connectivity index (χ3v) is 0.879. The largest absolute Gasteiger partial charge is 0.567 e.